The van der Waals surface area contributed by atoms with Gasteiger partial charge < -0.3 is 4.74 Å². The van der Waals surface area contributed by atoms with E-state index in [1.54, 1.807) is 13.3 Å². The van der Waals surface area contributed by atoms with Gasteiger partial charge in [0.15, 0.2) is 0 Å². The highest BCUT2D eigenvalue weighted by Gasteiger charge is 2.07. The molecule has 0 amide bonds. The number of hydrogen-bond acceptors (Lipinski definition) is 2. The summed E-state index contributed by atoms with van der Waals surface area (Å²) >= 11 is 5.75. The number of nitrogens with zero attached hydrogens (tertiary/aromatic N) is 1. The van der Waals surface area contributed by atoms with Crippen molar-refractivity contribution in [2.45, 2.75) is 19.8 Å². The Morgan fingerprint density at radius 2 is 2.17 bits per heavy atom. The van der Waals surface area contributed by atoms with E-state index in [1.165, 1.54) is 0 Å². The Balaban J connectivity index is 3.12. The van der Waals surface area contributed by atoms with E-state index in [-0.39, 0.29) is 0 Å². The van der Waals surface area contributed by atoms with E-state index in [2.05, 4.69) is 18.8 Å². The molecule has 12 heavy (non-hydrogen) atoms. The lowest BCUT2D eigenvalue weighted by atomic mass is 10.0. The molecule has 0 saturated heterocycles. The van der Waals surface area contributed by atoms with E-state index in [9.17, 15) is 0 Å². The summed E-state index contributed by atoms with van der Waals surface area (Å²) in [5, 5.41) is 0.513. The lowest BCUT2D eigenvalue weighted by Crippen LogP contribution is -1.95. The van der Waals surface area contributed by atoms with Gasteiger partial charge in [0.1, 0.15) is 10.9 Å². The Morgan fingerprint density at radius 3 is 2.67 bits per heavy atom. The van der Waals surface area contributed by atoms with E-state index in [0.29, 0.717) is 11.1 Å². The molecular weight excluding hydrogens is 174 g/mol. The minimum atomic E-state index is 0.403. The summed E-state index contributed by atoms with van der Waals surface area (Å²) in [6.07, 6.45) is 1.65. The molecule has 0 atom stereocenters. The summed E-state index contributed by atoms with van der Waals surface area (Å²) in [7, 11) is 1.64. The summed E-state index contributed by atoms with van der Waals surface area (Å²) < 4.78 is 5.14. The van der Waals surface area contributed by atoms with Crippen LogP contribution in [0.15, 0.2) is 12.3 Å². The van der Waals surface area contributed by atoms with Gasteiger partial charge in [-0.3, -0.25) is 0 Å². The van der Waals surface area contributed by atoms with E-state index in [1.807, 2.05) is 6.07 Å². The van der Waals surface area contributed by atoms with Crippen LogP contribution in [0.1, 0.15) is 25.3 Å². The van der Waals surface area contributed by atoms with Crippen LogP contribution in [0.3, 0.4) is 0 Å². The van der Waals surface area contributed by atoms with E-state index >= 15 is 0 Å². The number of hydrogen-bond donors (Lipinski definition) is 0. The maximum atomic E-state index is 5.75. The summed E-state index contributed by atoms with van der Waals surface area (Å²) in [4.78, 5) is 3.93. The molecule has 0 radical (unpaired) electrons. The van der Waals surface area contributed by atoms with E-state index in [0.717, 1.165) is 11.3 Å². The fourth-order valence-corrected chi connectivity index (χ4v) is 1.22. The van der Waals surface area contributed by atoms with Gasteiger partial charge in [0.2, 0.25) is 0 Å². The van der Waals surface area contributed by atoms with Crippen LogP contribution in [-0.2, 0) is 0 Å². The zero-order valence-electron chi connectivity index (χ0n) is 7.47. The van der Waals surface area contributed by atoms with Crippen molar-refractivity contribution in [3.8, 4) is 5.75 Å². The molecule has 2 nitrogen and oxygen atoms in total. The van der Waals surface area contributed by atoms with Crippen LogP contribution in [0.2, 0.25) is 5.15 Å². The third-order valence-corrected chi connectivity index (χ3v) is 1.91. The van der Waals surface area contributed by atoms with Gasteiger partial charge in [-0.15, -0.1) is 0 Å². The largest absolute Gasteiger partial charge is 0.495 e. The van der Waals surface area contributed by atoms with Crippen molar-refractivity contribution in [3.05, 3.63) is 23.0 Å². The first kappa shape index (κ1) is 9.33. The van der Waals surface area contributed by atoms with Crippen molar-refractivity contribution in [1.82, 2.24) is 4.98 Å². The lowest BCUT2D eigenvalue weighted by Gasteiger charge is -2.10. The molecule has 66 valence electrons. The molecule has 1 aromatic rings. The van der Waals surface area contributed by atoms with Gasteiger partial charge in [-0.1, -0.05) is 25.4 Å². The molecule has 1 rings (SSSR count). The topological polar surface area (TPSA) is 22.1 Å². The van der Waals surface area contributed by atoms with Crippen molar-refractivity contribution < 1.29 is 4.74 Å². The second-order valence-electron chi connectivity index (χ2n) is 2.90. The first-order chi connectivity index (χ1) is 5.65. The molecule has 1 aromatic heterocycles. The number of methoxy groups -OCH3 is 1. The number of pyridine rings is 1. The normalized spacial score (nSPS) is 10.4. The molecule has 0 unspecified atom stereocenters. The van der Waals surface area contributed by atoms with E-state index < -0.39 is 0 Å². The molecule has 0 N–H and O–H groups in total. The van der Waals surface area contributed by atoms with Crippen molar-refractivity contribution in [2.75, 3.05) is 7.11 Å². The van der Waals surface area contributed by atoms with Crippen molar-refractivity contribution >= 4 is 11.6 Å². The van der Waals surface area contributed by atoms with Gasteiger partial charge in [0.05, 0.1) is 13.3 Å². The number of ether oxygens (including phenoxy) is 1. The fourth-order valence-electron chi connectivity index (χ4n) is 1.05. The zero-order chi connectivity index (χ0) is 9.14. The SMILES string of the molecule is COc1cnc(Cl)cc1C(C)C. The summed E-state index contributed by atoms with van der Waals surface area (Å²) in [5.41, 5.74) is 1.09. The van der Waals surface area contributed by atoms with Crippen LogP contribution >= 0.6 is 11.6 Å². The molecule has 0 spiro atoms. The predicted molar refractivity (Wildman–Crippen MR) is 49.9 cm³/mol. The van der Waals surface area contributed by atoms with Gasteiger partial charge in [-0.05, 0) is 12.0 Å². The molecule has 0 aliphatic rings. The van der Waals surface area contributed by atoms with E-state index in [4.69, 9.17) is 16.3 Å². The van der Waals surface area contributed by atoms with Crippen LogP contribution in [-0.4, -0.2) is 12.1 Å². The standard InChI is InChI=1S/C9H12ClNO/c1-6(2)7-4-9(10)11-5-8(7)12-3/h4-6H,1-3H3. The van der Waals surface area contributed by atoms with Crippen molar-refractivity contribution in [1.29, 1.82) is 0 Å². The maximum absolute atomic E-state index is 5.75. The molecule has 0 aliphatic heterocycles. The Kier molecular flexibility index (Phi) is 2.93. The zero-order valence-corrected chi connectivity index (χ0v) is 8.22. The fraction of sp³-hybridized carbons (Fsp3) is 0.444. The minimum Gasteiger partial charge on any atom is -0.495 e. The molecular formula is C9H12ClNO. The van der Waals surface area contributed by atoms with Gasteiger partial charge >= 0.3 is 0 Å². The smallest absolute Gasteiger partial charge is 0.140 e. The summed E-state index contributed by atoms with van der Waals surface area (Å²) in [6.45, 7) is 4.18. The lowest BCUT2D eigenvalue weighted by molar-refractivity contribution is 0.405. The van der Waals surface area contributed by atoms with Crippen LogP contribution in [0, 0.1) is 0 Å². The van der Waals surface area contributed by atoms with Gasteiger partial charge in [-0.2, -0.15) is 0 Å². The third-order valence-electron chi connectivity index (χ3n) is 1.71. The highest BCUT2D eigenvalue weighted by Crippen LogP contribution is 2.26. The number of aromatic nitrogens is 1. The average molecular weight is 186 g/mol. The maximum Gasteiger partial charge on any atom is 0.140 e. The Hall–Kier alpha value is -0.760. The highest BCUT2D eigenvalue weighted by atomic mass is 35.5. The molecule has 0 aromatic carbocycles. The average Bonchev–Trinajstić information content (AvgIpc) is 2.04. The molecule has 1 heterocycles. The molecule has 0 fully saturated rings. The van der Waals surface area contributed by atoms with Crippen molar-refractivity contribution in [2.24, 2.45) is 0 Å². The molecule has 3 heteroatoms. The number of halogens is 1. The molecule has 0 saturated carbocycles. The first-order valence-corrected chi connectivity index (χ1v) is 4.22. The Bertz CT molecular complexity index is 273. The predicted octanol–water partition coefficient (Wildman–Crippen LogP) is 2.87. The Morgan fingerprint density at radius 1 is 1.50 bits per heavy atom. The van der Waals surface area contributed by atoms with Crippen LogP contribution in [0.5, 0.6) is 5.75 Å². The highest BCUT2D eigenvalue weighted by molar-refractivity contribution is 6.29. The third kappa shape index (κ3) is 1.89. The van der Waals surface area contributed by atoms with Gasteiger partial charge in [-0.25, -0.2) is 4.98 Å². The Labute approximate surface area is 77.5 Å². The number of rotatable bonds is 2. The van der Waals surface area contributed by atoms with Crippen LogP contribution in [0.25, 0.3) is 0 Å². The monoisotopic (exact) mass is 185 g/mol. The van der Waals surface area contributed by atoms with Crippen LogP contribution < -0.4 is 4.74 Å². The minimum absolute atomic E-state index is 0.403. The second-order valence-corrected chi connectivity index (χ2v) is 3.29. The molecule has 0 bridgehead atoms. The second kappa shape index (κ2) is 3.76. The summed E-state index contributed by atoms with van der Waals surface area (Å²) in [6, 6.07) is 1.84. The summed E-state index contributed by atoms with van der Waals surface area (Å²) in [5.74, 6) is 1.20. The quantitative estimate of drug-likeness (QED) is 0.661. The van der Waals surface area contributed by atoms with Crippen LogP contribution in [0.4, 0.5) is 0 Å². The molecule has 0 aliphatic carbocycles. The first-order valence-electron chi connectivity index (χ1n) is 3.84. The van der Waals surface area contributed by atoms with Gasteiger partial charge in [0.25, 0.3) is 0 Å². The van der Waals surface area contributed by atoms with Crippen molar-refractivity contribution in [3.63, 3.8) is 0 Å². The van der Waals surface area contributed by atoms with Gasteiger partial charge in [0, 0.05) is 5.56 Å².